The number of hydrogen-bond donors (Lipinski definition) is 13. The Morgan fingerprint density at radius 1 is 0.753 bits per heavy atom. The van der Waals surface area contributed by atoms with E-state index in [1.807, 2.05) is 0 Å². The molecule has 0 radical (unpaired) electrons. The van der Waals surface area contributed by atoms with E-state index in [0.717, 1.165) is 21.6 Å². The maximum atomic E-state index is 14.7. The molecule has 0 spiro atoms. The second kappa shape index (κ2) is 29.2. The zero-order valence-electron chi connectivity index (χ0n) is 41.8. The molecule has 0 aromatic heterocycles. The minimum Gasteiger partial charge on any atom is -0.508 e. The van der Waals surface area contributed by atoms with Crippen molar-refractivity contribution in [2.45, 2.75) is 100 Å². The number of rotatable bonds is 18. The fourth-order valence-electron chi connectivity index (χ4n) is 8.46. The lowest BCUT2D eigenvalue weighted by Gasteiger charge is -2.31. The van der Waals surface area contributed by atoms with Crippen LogP contribution in [0, 0.1) is 0 Å². The molecule has 414 valence electrons. The highest BCUT2D eigenvalue weighted by atomic mass is 33.1. The minimum atomic E-state index is -1.79. The third-order valence-corrected chi connectivity index (χ3v) is 14.7. The van der Waals surface area contributed by atoms with Crippen molar-refractivity contribution < 1.29 is 57.8 Å². The quantitative estimate of drug-likeness (QED) is 0.0260. The molecule has 0 aliphatic carbocycles. The molecule has 26 nitrogen and oxygen atoms in total. The summed E-state index contributed by atoms with van der Waals surface area (Å²) in [6.07, 6.45) is -1.33. The first-order valence-electron chi connectivity index (χ1n) is 24.5. The van der Waals surface area contributed by atoms with Gasteiger partial charge < -0.3 is 75.9 Å². The summed E-state index contributed by atoms with van der Waals surface area (Å²) in [4.78, 5) is 154. The summed E-state index contributed by atoms with van der Waals surface area (Å²) in [5, 5.41) is 29.2. The second-order valence-electron chi connectivity index (χ2n) is 18.1. The fraction of sp³-hybridized carbons (Fsp3) is 0.429. The molecule has 2 aliphatic rings. The Balaban J connectivity index is 1.49. The van der Waals surface area contributed by atoms with Gasteiger partial charge in [-0.2, -0.15) is 0 Å². The van der Waals surface area contributed by atoms with Crippen LogP contribution in [0.5, 0.6) is 5.75 Å². The molecule has 28 heteroatoms. The van der Waals surface area contributed by atoms with Gasteiger partial charge in [0, 0.05) is 43.9 Å². The van der Waals surface area contributed by atoms with Gasteiger partial charge in [0.05, 0.1) is 13.0 Å². The number of phenolic OH excluding ortho intramolecular Hbond substituents is 1. The summed E-state index contributed by atoms with van der Waals surface area (Å²) in [5.74, 6) is -9.92. The number of nitrogens with one attached hydrogen (secondary N) is 7. The van der Waals surface area contributed by atoms with Crippen molar-refractivity contribution in [2.24, 2.45) is 33.7 Å². The second-order valence-corrected chi connectivity index (χ2v) is 20.7. The summed E-state index contributed by atoms with van der Waals surface area (Å²) in [7, 11) is 2.18. The van der Waals surface area contributed by atoms with Gasteiger partial charge in [-0.1, -0.05) is 76.2 Å². The molecule has 2 heterocycles. The number of aromatic hydroxyl groups is 1. The molecular weight excluding hydrogens is 1040 g/mol. The molecule has 2 fully saturated rings. The molecule has 2 aliphatic heterocycles. The molecule has 11 amide bonds. The van der Waals surface area contributed by atoms with E-state index in [2.05, 4.69) is 42.2 Å². The van der Waals surface area contributed by atoms with Gasteiger partial charge in [0.2, 0.25) is 65.0 Å². The number of carbonyl (C=O) groups excluding carboxylic acids is 11. The van der Waals surface area contributed by atoms with E-state index < -0.39 is 133 Å². The van der Waals surface area contributed by atoms with Crippen molar-refractivity contribution in [1.29, 1.82) is 0 Å². The lowest BCUT2D eigenvalue weighted by atomic mass is 9.96. The van der Waals surface area contributed by atoms with Gasteiger partial charge >= 0.3 is 0 Å². The van der Waals surface area contributed by atoms with E-state index in [1.54, 1.807) is 54.6 Å². The number of hydrogen-bond acceptors (Lipinski definition) is 15. The van der Waals surface area contributed by atoms with E-state index in [0.29, 0.717) is 22.8 Å². The van der Waals surface area contributed by atoms with E-state index in [-0.39, 0.29) is 74.0 Å². The first kappa shape index (κ1) is 59.7. The number of nitrogens with two attached hydrogens (primary N) is 5. The molecule has 3 unspecified atom stereocenters. The molecule has 2 saturated heterocycles. The Morgan fingerprint density at radius 2 is 1.44 bits per heavy atom. The molecule has 3 aromatic rings. The Hall–Kier alpha value is -8.14. The van der Waals surface area contributed by atoms with Gasteiger partial charge in [0.25, 0.3) is 0 Å². The van der Waals surface area contributed by atoms with Crippen LogP contribution in [0.4, 0.5) is 0 Å². The summed E-state index contributed by atoms with van der Waals surface area (Å²) in [5.41, 5.74) is 27.9. The van der Waals surface area contributed by atoms with Gasteiger partial charge in [0.1, 0.15) is 48.0 Å². The van der Waals surface area contributed by atoms with Gasteiger partial charge in [-0.3, -0.25) is 57.7 Å². The lowest BCUT2D eigenvalue weighted by molar-refractivity contribution is -0.142. The molecule has 3 aromatic carbocycles. The molecule has 0 saturated carbocycles. The summed E-state index contributed by atoms with van der Waals surface area (Å²) in [6, 6.07) is 7.67. The number of benzene rings is 3. The normalized spacial score (nSPS) is 21.4. The van der Waals surface area contributed by atoms with Crippen molar-refractivity contribution in [3.05, 3.63) is 77.9 Å². The maximum Gasteiger partial charge on any atom is 0.247 e. The van der Waals surface area contributed by atoms with Crippen LogP contribution in [-0.4, -0.2) is 148 Å². The van der Waals surface area contributed by atoms with Crippen LogP contribution < -0.4 is 65.9 Å². The zero-order valence-corrected chi connectivity index (χ0v) is 43.5. The van der Waals surface area contributed by atoms with Crippen LogP contribution in [-0.2, 0) is 59.2 Å². The van der Waals surface area contributed by atoms with Crippen LogP contribution in [0.2, 0.25) is 0 Å². The van der Waals surface area contributed by atoms with Crippen LogP contribution in [0.25, 0.3) is 10.8 Å². The smallest absolute Gasteiger partial charge is 0.247 e. The topological polar surface area (TPSA) is 438 Å². The van der Waals surface area contributed by atoms with E-state index in [1.165, 1.54) is 17.0 Å². The van der Waals surface area contributed by atoms with Gasteiger partial charge in [0.15, 0.2) is 5.96 Å². The van der Waals surface area contributed by atoms with Gasteiger partial charge in [-0.25, -0.2) is 0 Å². The van der Waals surface area contributed by atoms with Crippen LogP contribution in [0.15, 0.2) is 71.7 Å². The number of nitrogens with zero attached hydrogens (tertiary/aromatic N) is 2. The maximum absolute atomic E-state index is 14.7. The van der Waals surface area contributed by atoms with E-state index in [4.69, 9.17) is 28.7 Å². The molecular formula is C49H64N14O12S2. The zero-order chi connectivity index (χ0) is 56.2. The highest BCUT2D eigenvalue weighted by Crippen LogP contribution is 2.28. The van der Waals surface area contributed by atoms with E-state index in [9.17, 15) is 57.8 Å². The number of carbonyl (C=O) groups is 11. The summed E-state index contributed by atoms with van der Waals surface area (Å²) < 4.78 is 0. The summed E-state index contributed by atoms with van der Waals surface area (Å²) in [6.45, 7) is -0.413. The number of phenols is 1. The Morgan fingerprint density at radius 3 is 2.14 bits per heavy atom. The van der Waals surface area contributed by atoms with Crippen LogP contribution >= 0.6 is 21.6 Å². The predicted octanol–water partition coefficient (Wildman–Crippen LogP) is -3.06. The number of aliphatic imine (C=N–C) groups is 1. The number of guanidine groups is 1. The van der Waals surface area contributed by atoms with Crippen molar-refractivity contribution in [2.75, 3.05) is 31.1 Å². The van der Waals surface area contributed by atoms with Crippen LogP contribution in [0.3, 0.4) is 0 Å². The molecule has 77 heavy (non-hydrogen) atoms. The Kier molecular flexibility index (Phi) is 22.7. The monoisotopic (exact) mass is 1100 g/mol. The first-order valence-corrected chi connectivity index (χ1v) is 27.0. The minimum absolute atomic E-state index is 0.00937. The fourth-order valence-corrected chi connectivity index (χ4v) is 10.6. The van der Waals surface area contributed by atoms with Crippen molar-refractivity contribution >= 4 is 103 Å². The standard InChI is InChI=1S/C49H64N14O12S2/c50-37(65)17-16-32-43(70)60-34(23-38(51)66)44(71)61-35(48(75)63-20-5-11-36(63)46(73)58-31(10-4-19-55-49(53)54)42(69)56-24-39(52)67)25-77-76-21-18-40(68)57-33(22-26-12-14-28(64)15-13-26)45(72)62-41(47(74)59-32)30-9-3-7-27-6-1-2-8-29(27)30/h1-3,6-9,12-15,31-36,41,64H,4-5,10-11,16-25H2,(H2,50,65)(H2,51,66)(H2,52,67)(H,56,69)(H,57,68)(H,58,73)(H,59,74)(H,60,70)(H,61,71)(H,62,72)(H4,53,54,55)/t31-,32?,33?,34?,35+,36+,41+/m1/s1. The number of amides is 11. The third-order valence-electron chi connectivity index (χ3n) is 12.3. The molecule has 5 rings (SSSR count). The average Bonchev–Trinajstić information content (AvgIpc) is 3.88. The highest BCUT2D eigenvalue weighted by molar-refractivity contribution is 8.76. The van der Waals surface area contributed by atoms with Crippen molar-refractivity contribution in [3.8, 4) is 5.75 Å². The van der Waals surface area contributed by atoms with Crippen molar-refractivity contribution in [1.82, 2.24) is 42.1 Å². The van der Waals surface area contributed by atoms with Gasteiger partial charge in [-0.15, -0.1) is 0 Å². The third kappa shape index (κ3) is 18.6. The average molecular weight is 1110 g/mol. The van der Waals surface area contributed by atoms with E-state index >= 15 is 0 Å². The van der Waals surface area contributed by atoms with Gasteiger partial charge in [-0.05, 0) is 66.1 Å². The predicted molar refractivity (Wildman–Crippen MR) is 285 cm³/mol. The molecule has 7 atom stereocenters. The number of primary amides is 3. The molecule has 18 N–H and O–H groups in total. The molecule has 0 bridgehead atoms. The highest BCUT2D eigenvalue weighted by Gasteiger charge is 2.40. The first-order chi connectivity index (χ1) is 36.7. The number of fused-ring (bicyclic) bond motifs is 1. The van der Waals surface area contributed by atoms with Crippen LogP contribution in [0.1, 0.15) is 68.5 Å². The Bertz CT molecular complexity index is 2710. The summed E-state index contributed by atoms with van der Waals surface area (Å²) >= 11 is 0. The number of likely N-dealkylation sites (tertiary alicyclic amines) is 1. The lowest BCUT2D eigenvalue weighted by Crippen LogP contribution is -2.60. The Labute approximate surface area is 450 Å². The SMILES string of the molecule is NC(=O)CCC1NC(=O)[C@H](c2cccc3ccccc23)NC(=O)C(Cc2ccc(O)cc2)NC(=O)CCSSC[C@@H](C(=O)N2CCC[C@H]2C(=O)N[C@H](CCCN=C(N)N)C(=O)NCC(N)=O)NC(=O)C(CC(N)=O)NC1=O. The van der Waals surface area contributed by atoms with Crippen molar-refractivity contribution in [3.63, 3.8) is 0 Å². The largest absolute Gasteiger partial charge is 0.508 e.